The minimum absolute atomic E-state index is 0.592. The lowest BCUT2D eigenvalue weighted by Gasteiger charge is -2.13. The van der Waals surface area contributed by atoms with Crippen molar-refractivity contribution in [2.45, 2.75) is 53.1 Å². The lowest BCUT2D eigenvalue weighted by atomic mass is 9.98. The minimum atomic E-state index is 0.592. The van der Waals surface area contributed by atoms with Gasteiger partial charge in [0, 0.05) is 0 Å². The Hall–Kier alpha value is -1.96. The van der Waals surface area contributed by atoms with Crippen LogP contribution in [-0.4, -0.2) is 6.61 Å². The van der Waals surface area contributed by atoms with E-state index in [4.69, 9.17) is 9.47 Å². The summed E-state index contributed by atoms with van der Waals surface area (Å²) >= 11 is 0. The van der Waals surface area contributed by atoms with Crippen molar-refractivity contribution in [3.63, 3.8) is 0 Å². The molecule has 1 atom stereocenters. The van der Waals surface area contributed by atoms with Crippen LogP contribution < -0.4 is 9.47 Å². The van der Waals surface area contributed by atoms with Crippen LogP contribution in [-0.2, 0) is 6.61 Å². The van der Waals surface area contributed by atoms with Crippen LogP contribution in [0.1, 0.15) is 52.0 Å². The van der Waals surface area contributed by atoms with Gasteiger partial charge in [0.1, 0.15) is 18.1 Å². The van der Waals surface area contributed by atoms with Crippen LogP contribution in [0.15, 0.2) is 54.6 Å². The van der Waals surface area contributed by atoms with E-state index in [2.05, 4.69) is 32.9 Å². The van der Waals surface area contributed by atoms with Crippen LogP contribution in [0.2, 0.25) is 0 Å². The first-order chi connectivity index (χ1) is 12.1. The van der Waals surface area contributed by atoms with E-state index in [1.807, 2.05) is 42.5 Å². The molecule has 0 unspecified atom stereocenters. The van der Waals surface area contributed by atoms with Gasteiger partial charge < -0.3 is 9.47 Å². The van der Waals surface area contributed by atoms with E-state index in [-0.39, 0.29) is 0 Å². The maximum Gasteiger partial charge on any atom is 0.120 e. The van der Waals surface area contributed by atoms with Crippen molar-refractivity contribution in [3.8, 4) is 11.5 Å². The first kappa shape index (κ1) is 19.4. The highest BCUT2D eigenvalue weighted by atomic mass is 16.5. The highest BCUT2D eigenvalue weighted by molar-refractivity contribution is 5.31. The molecule has 0 bridgehead atoms. The Balaban J connectivity index is 1.64. The van der Waals surface area contributed by atoms with E-state index >= 15 is 0 Å². The molecule has 2 aromatic rings. The summed E-state index contributed by atoms with van der Waals surface area (Å²) in [5, 5.41) is 0. The van der Waals surface area contributed by atoms with Gasteiger partial charge in [-0.25, -0.2) is 0 Å². The molecule has 0 aliphatic carbocycles. The van der Waals surface area contributed by atoms with Crippen LogP contribution in [0.5, 0.6) is 11.5 Å². The summed E-state index contributed by atoms with van der Waals surface area (Å²) in [4.78, 5) is 0. The molecule has 0 saturated heterocycles. The molecule has 136 valence electrons. The molecular formula is C23H32O2. The first-order valence-corrected chi connectivity index (χ1v) is 9.53. The summed E-state index contributed by atoms with van der Waals surface area (Å²) in [7, 11) is 0. The van der Waals surface area contributed by atoms with Crippen molar-refractivity contribution in [3.05, 3.63) is 60.2 Å². The summed E-state index contributed by atoms with van der Waals surface area (Å²) in [5.41, 5.74) is 1.18. The first-order valence-electron chi connectivity index (χ1n) is 9.53. The predicted octanol–water partition coefficient (Wildman–Crippen LogP) is 6.50. The van der Waals surface area contributed by atoms with Gasteiger partial charge in [-0.15, -0.1) is 0 Å². The standard InChI is InChI=1S/C23H32O2/c1-19(2)8-7-9-20(3)16-17-24-22-12-14-23(15-13-22)25-18-21-10-5-4-6-11-21/h4-6,10-15,19-20H,7-9,16-18H2,1-3H3/t20-/m0/s1. The Morgan fingerprint density at radius 2 is 1.36 bits per heavy atom. The highest BCUT2D eigenvalue weighted by Gasteiger charge is 2.04. The molecule has 0 heterocycles. The summed E-state index contributed by atoms with van der Waals surface area (Å²) in [6.45, 7) is 8.29. The molecule has 2 nitrogen and oxygen atoms in total. The van der Waals surface area contributed by atoms with Crippen LogP contribution in [0.4, 0.5) is 0 Å². The molecule has 0 spiro atoms. The van der Waals surface area contributed by atoms with Gasteiger partial charge in [0.05, 0.1) is 6.61 Å². The Morgan fingerprint density at radius 3 is 2.00 bits per heavy atom. The van der Waals surface area contributed by atoms with E-state index in [0.29, 0.717) is 6.61 Å². The average Bonchev–Trinajstić information content (AvgIpc) is 2.61. The molecule has 0 aliphatic heterocycles. The van der Waals surface area contributed by atoms with E-state index < -0.39 is 0 Å². The largest absolute Gasteiger partial charge is 0.494 e. The normalized spacial score (nSPS) is 12.2. The fourth-order valence-corrected chi connectivity index (χ4v) is 2.77. The van der Waals surface area contributed by atoms with E-state index in [9.17, 15) is 0 Å². The molecule has 2 aromatic carbocycles. The lowest BCUT2D eigenvalue weighted by Crippen LogP contribution is -2.05. The number of hydrogen-bond donors (Lipinski definition) is 0. The van der Waals surface area contributed by atoms with Crippen molar-refractivity contribution >= 4 is 0 Å². The summed E-state index contributed by atoms with van der Waals surface area (Å²) < 4.78 is 11.7. The van der Waals surface area contributed by atoms with Crippen LogP contribution in [0.3, 0.4) is 0 Å². The predicted molar refractivity (Wildman–Crippen MR) is 105 cm³/mol. The maximum absolute atomic E-state index is 5.87. The molecule has 25 heavy (non-hydrogen) atoms. The topological polar surface area (TPSA) is 18.5 Å². The van der Waals surface area contributed by atoms with Gasteiger partial charge in [-0.1, -0.05) is 70.4 Å². The number of hydrogen-bond acceptors (Lipinski definition) is 2. The fourth-order valence-electron chi connectivity index (χ4n) is 2.77. The van der Waals surface area contributed by atoms with Crippen molar-refractivity contribution in [1.29, 1.82) is 0 Å². The van der Waals surface area contributed by atoms with Gasteiger partial charge in [0.2, 0.25) is 0 Å². The number of benzene rings is 2. The van der Waals surface area contributed by atoms with Gasteiger partial charge >= 0.3 is 0 Å². The Kier molecular flexibility index (Phi) is 8.38. The van der Waals surface area contributed by atoms with Gasteiger partial charge in [0.25, 0.3) is 0 Å². The molecule has 0 saturated carbocycles. The highest BCUT2D eigenvalue weighted by Crippen LogP contribution is 2.20. The maximum atomic E-state index is 5.87. The zero-order valence-electron chi connectivity index (χ0n) is 15.9. The van der Waals surface area contributed by atoms with Crippen molar-refractivity contribution in [2.24, 2.45) is 11.8 Å². The quantitative estimate of drug-likeness (QED) is 0.465. The SMILES string of the molecule is CC(C)CCC[C@H](C)CCOc1ccc(OCc2ccccc2)cc1. The third-order valence-corrected chi connectivity index (χ3v) is 4.43. The number of ether oxygens (including phenoxy) is 2. The molecule has 0 amide bonds. The lowest BCUT2D eigenvalue weighted by molar-refractivity contribution is 0.274. The van der Waals surface area contributed by atoms with Crippen LogP contribution >= 0.6 is 0 Å². The Labute approximate surface area is 153 Å². The van der Waals surface area contributed by atoms with Gasteiger partial charge in [-0.2, -0.15) is 0 Å². The molecule has 2 rings (SSSR count). The van der Waals surface area contributed by atoms with E-state index in [1.165, 1.54) is 24.8 Å². The van der Waals surface area contributed by atoms with Crippen LogP contribution in [0, 0.1) is 11.8 Å². The number of rotatable bonds is 11. The minimum Gasteiger partial charge on any atom is -0.494 e. The Bertz CT molecular complexity index is 575. The van der Waals surface area contributed by atoms with Gasteiger partial charge in [0.15, 0.2) is 0 Å². The molecule has 0 radical (unpaired) electrons. The zero-order chi connectivity index (χ0) is 17.9. The van der Waals surface area contributed by atoms with Crippen molar-refractivity contribution in [1.82, 2.24) is 0 Å². The molecule has 0 N–H and O–H groups in total. The average molecular weight is 341 g/mol. The third kappa shape index (κ3) is 8.11. The summed E-state index contributed by atoms with van der Waals surface area (Å²) in [6, 6.07) is 18.1. The van der Waals surface area contributed by atoms with E-state index in [0.717, 1.165) is 36.4 Å². The van der Waals surface area contributed by atoms with E-state index in [1.54, 1.807) is 0 Å². The Morgan fingerprint density at radius 1 is 0.720 bits per heavy atom. The zero-order valence-corrected chi connectivity index (χ0v) is 15.9. The van der Waals surface area contributed by atoms with Crippen molar-refractivity contribution in [2.75, 3.05) is 6.61 Å². The van der Waals surface area contributed by atoms with Gasteiger partial charge in [-0.05, 0) is 48.1 Å². The smallest absolute Gasteiger partial charge is 0.120 e. The summed E-state index contributed by atoms with van der Waals surface area (Å²) in [5.74, 6) is 3.33. The fraction of sp³-hybridized carbons (Fsp3) is 0.478. The molecular weight excluding hydrogens is 308 g/mol. The third-order valence-electron chi connectivity index (χ3n) is 4.43. The second-order valence-electron chi connectivity index (χ2n) is 7.31. The van der Waals surface area contributed by atoms with Crippen LogP contribution in [0.25, 0.3) is 0 Å². The molecule has 0 aliphatic rings. The van der Waals surface area contributed by atoms with Gasteiger partial charge in [-0.3, -0.25) is 0 Å². The second kappa shape index (κ2) is 10.8. The second-order valence-corrected chi connectivity index (χ2v) is 7.31. The monoisotopic (exact) mass is 340 g/mol. The summed E-state index contributed by atoms with van der Waals surface area (Å²) in [6.07, 6.45) is 5.07. The molecule has 2 heteroatoms. The molecule has 0 fully saturated rings. The van der Waals surface area contributed by atoms with Crippen molar-refractivity contribution < 1.29 is 9.47 Å². The molecule has 0 aromatic heterocycles.